The molecule has 18 heavy (non-hydrogen) atoms. The minimum atomic E-state index is -3.77. The molecule has 5 nitrogen and oxygen atoms in total. The zero-order chi connectivity index (χ0) is 13.5. The van der Waals surface area contributed by atoms with Crippen LogP contribution in [-0.2, 0) is 10.0 Å². The average Bonchev–Trinajstić information content (AvgIpc) is 2.54. The minimum Gasteiger partial charge on any atom is -0.236 e. The summed E-state index contributed by atoms with van der Waals surface area (Å²) in [5.74, 6) is 0. The third kappa shape index (κ3) is 2.27. The molecular formula is C11H12ClN3O2S. The van der Waals surface area contributed by atoms with Crippen molar-refractivity contribution in [3.05, 3.63) is 40.7 Å². The van der Waals surface area contributed by atoms with Gasteiger partial charge in [-0.1, -0.05) is 11.6 Å². The lowest BCUT2D eigenvalue weighted by molar-refractivity contribution is 0.596. The Morgan fingerprint density at radius 1 is 1.22 bits per heavy atom. The van der Waals surface area contributed by atoms with Gasteiger partial charge in [-0.05, 0) is 38.1 Å². The Hall–Kier alpha value is -1.37. The first kappa shape index (κ1) is 13.1. The summed E-state index contributed by atoms with van der Waals surface area (Å²) in [7, 11) is -3.77. The van der Waals surface area contributed by atoms with Crippen LogP contribution in [0, 0.1) is 13.8 Å². The lowest BCUT2D eigenvalue weighted by atomic mass is 10.3. The highest BCUT2D eigenvalue weighted by atomic mass is 35.5. The zero-order valence-electron chi connectivity index (χ0n) is 9.88. The van der Waals surface area contributed by atoms with Crippen molar-refractivity contribution in [3.8, 4) is 5.69 Å². The van der Waals surface area contributed by atoms with E-state index in [0.29, 0.717) is 16.4 Å². The van der Waals surface area contributed by atoms with Crippen LogP contribution < -0.4 is 5.14 Å². The van der Waals surface area contributed by atoms with Crippen molar-refractivity contribution in [1.82, 2.24) is 9.78 Å². The van der Waals surface area contributed by atoms with Crippen LogP contribution in [0.3, 0.4) is 0 Å². The molecule has 2 N–H and O–H groups in total. The zero-order valence-corrected chi connectivity index (χ0v) is 11.5. The van der Waals surface area contributed by atoms with Gasteiger partial charge in [-0.15, -0.1) is 0 Å². The number of halogens is 1. The maximum Gasteiger partial charge on any atom is 0.241 e. The molecule has 0 spiro atoms. The van der Waals surface area contributed by atoms with E-state index in [1.54, 1.807) is 38.1 Å². The predicted molar refractivity (Wildman–Crippen MR) is 69.4 cm³/mol. The molecule has 1 aromatic carbocycles. The summed E-state index contributed by atoms with van der Waals surface area (Å²) in [6.07, 6.45) is 0. The molecule has 0 aliphatic heterocycles. The highest BCUT2D eigenvalue weighted by Crippen LogP contribution is 2.22. The molecule has 1 aromatic heterocycles. The van der Waals surface area contributed by atoms with Crippen molar-refractivity contribution in [2.45, 2.75) is 18.7 Å². The number of nitrogens with zero attached hydrogens (tertiary/aromatic N) is 2. The van der Waals surface area contributed by atoms with E-state index in [4.69, 9.17) is 16.7 Å². The fourth-order valence-electron chi connectivity index (χ4n) is 1.87. The molecule has 1 heterocycles. The highest BCUT2D eigenvalue weighted by molar-refractivity contribution is 7.89. The van der Waals surface area contributed by atoms with Gasteiger partial charge in [-0.2, -0.15) is 5.10 Å². The molecular weight excluding hydrogens is 274 g/mol. The molecule has 0 bridgehead atoms. The van der Waals surface area contributed by atoms with Gasteiger partial charge in [-0.3, -0.25) is 0 Å². The fraction of sp³-hybridized carbons (Fsp3) is 0.182. The molecule has 0 saturated carbocycles. The molecule has 7 heteroatoms. The number of hydrogen-bond acceptors (Lipinski definition) is 3. The Kier molecular flexibility index (Phi) is 3.18. The van der Waals surface area contributed by atoms with Crippen molar-refractivity contribution < 1.29 is 8.42 Å². The van der Waals surface area contributed by atoms with E-state index in [9.17, 15) is 8.42 Å². The summed E-state index contributed by atoms with van der Waals surface area (Å²) >= 11 is 5.80. The van der Waals surface area contributed by atoms with Crippen LogP contribution in [-0.4, -0.2) is 18.2 Å². The summed E-state index contributed by atoms with van der Waals surface area (Å²) in [5.41, 5.74) is 1.59. The van der Waals surface area contributed by atoms with Crippen LogP contribution in [0.1, 0.15) is 11.4 Å². The van der Waals surface area contributed by atoms with E-state index in [1.807, 2.05) is 0 Å². The summed E-state index contributed by atoms with van der Waals surface area (Å²) in [6, 6.07) is 6.94. The Morgan fingerprint density at radius 3 is 2.22 bits per heavy atom. The predicted octanol–water partition coefficient (Wildman–Crippen LogP) is 1.79. The van der Waals surface area contributed by atoms with Crippen molar-refractivity contribution in [2.75, 3.05) is 0 Å². The summed E-state index contributed by atoms with van der Waals surface area (Å²) in [4.78, 5) is 0.0671. The topological polar surface area (TPSA) is 78.0 Å². The van der Waals surface area contributed by atoms with Gasteiger partial charge < -0.3 is 0 Å². The van der Waals surface area contributed by atoms with Gasteiger partial charge in [0.15, 0.2) is 0 Å². The molecule has 0 aliphatic rings. The normalized spacial score (nSPS) is 11.8. The van der Waals surface area contributed by atoms with Gasteiger partial charge in [-0.25, -0.2) is 18.2 Å². The molecule has 0 aliphatic carbocycles. The quantitative estimate of drug-likeness (QED) is 0.914. The second-order valence-electron chi connectivity index (χ2n) is 3.93. The van der Waals surface area contributed by atoms with E-state index >= 15 is 0 Å². The smallest absolute Gasteiger partial charge is 0.236 e. The van der Waals surface area contributed by atoms with E-state index < -0.39 is 10.0 Å². The SMILES string of the molecule is Cc1nn(-c2ccc(Cl)cc2)c(C)c1S(N)(=O)=O. The first-order valence-electron chi connectivity index (χ1n) is 5.15. The minimum absolute atomic E-state index is 0.0671. The lowest BCUT2D eigenvalue weighted by Gasteiger charge is -2.04. The van der Waals surface area contributed by atoms with Gasteiger partial charge >= 0.3 is 0 Å². The van der Waals surface area contributed by atoms with Crippen molar-refractivity contribution in [3.63, 3.8) is 0 Å². The largest absolute Gasteiger partial charge is 0.241 e. The van der Waals surface area contributed by atoms with Crippen LogP contribution in [0.25, 0.3) is 5.69 Å². The Bertz CT molecular complexity index is 690. The Labute approximate surface area is 110 Å². The third-order valence-electron chi connectivity index (χ3n) is 2.58. The van der Waals surface area contributed by atoms with Gasteiger partial charge in [0.2, 0.25) is 10.0 Å². The van der Waals surface area contributed by atoms with Crippen LogP contribution >= 0.6 is 11.6 Å². The highest BCUT2D eigenvalue weighted by Gasteiger charge is 2.21. The van der Waals surface area contributed by atoms with Crippen molar-refractivity contribution in [2.24, 2.45) is 5.14 Å². The van der Waals surface area contributed by atoms with Crippen LogP contribution in [0.4, 0.5) is 0 Å². The molecule has 0 amide bonds. The van der Waals surface area contributed by atoms with Gasteiger partial charge in [0.1, 0.15) is 4.90 Å². The molecule has 2 aromatic rings. The number of benzene rings is 1. The second-order valence-corrected chi connectivity index (χ2v) is 5.87. The molecule has 2 rings (SSSR count). The first-order chi connectivity index (χ1) is 8.30. The monoisotopic (exact) mass is 285 g/mol. The number of aromatic nitrogens is 2. The molecule has 96 valence electrons. The summed E-state index contributed by atoms with van der Waals surface area (Å²) in [5, 5.41) is 9.97. The van der Waals surface area contributed by atoms with Crippen LogP contribution in [0.2, 0.25) is 5.02 Å². The van der Waals surface area contributed by atoms with Crippen molar-refractivity contribution in [1.29, 1.82) is 0 Å². The Morgan fingerprint density at radius 2 is 1.78 bits per heavy atom. The van der Waals surface area contributed by atoms with Crippen LogP contribution in [0.5, 0.6) is 0 Å². The van der Waals surface area contributed by atoms with E-state index in [0.717, 1.165) is 5.69 Å². The Balaban J connectivity index is 2.65. The average molecular weight is 286 g/mol. The van der Waals surface area contributed by atoms with E-state index in [-0.39, 0.29) is 4.90 Å². The van der Waals surface area contributed by atoms with Gasteiger partial charge in [0, 0.05) is 5.02 Å². The second kappa shape index (κ2) is 4.38. The number of hydrogen-bond donors (Lipinski definition) is 1. The lowest BCUT2D eigenvalue weighted by Crippen LogP contribution is -2.14. The molecule has 0 radical (unpaired) electrons. The molecule has 0 saturated heterocycles. The molecule has 0 unspecified atom stereocenters. The fourth-order valence-corrected chi connectivity index (χ4v) is 2.95. The van der Waals surface area contributed by atoms with Crippen LogP contribution in [0.15, 0.2) is 29.2 Å². The molecule has 0 atom stereocenters. The first-order valence-corrected chi connectivity index (χ1v) is 7.08. The maximum atomic E-state index is 11.5. The van der Waals surface area contributed by atoms with E-state index in [1.165, 1.54) is 4.68 Å². The number of sulfonamides is 1. The maximum absolute atomic E-state index is 11.5. The number of aryl methyl sites for hydroxylation is 1. The number of rotatable bonds is 2. The van der Waals surface area contributed by atoms with E-state index in [2.05, 4.69) is 5.10 Å². The van der Waals surface area contributed by atoms with Gasteiger partial charge in [0.25, 0.3) is 0 Å². The molecule has 0 fully saturated rings. The number of nitrogens with two attached hydrogens (primary N) is 1. The summed E-state index contributed by atoms with van der Waals surface area (Å²) in [6.45, 7) is 3.27. The summed E-state index contributed by atoms with van der Waals surface area (Å²) < 4.78 is 24.5. The van der Waals surface area contributed by atoms with Crippen molar-refractivity contribution >= 4 is 21.6 Å². The number of primary sulfonamides is 1. The van der Waals surface area contributed by atoms with Gasteiger partial charge in [0.05, 0.1) is 17.1 Å². The third-order valence-corrected chi connectivity index (χ3v) is 3.99. The standard InChI is InChI=1S/C11H12ClN3O2S/c1-7-11(18(13,16)17)8(2)15(14-7)10-5-3-9(12)4-6-10/h3-6H,1-2H3,(H2,13,16,17).